The number of esters is 1. The van der Waals surface area contributed by atoms with E-state index >= 15 is 0 Å². The summed E-state index contributed by atoms with van der Waals surface area (Å²) in [4.78, 5) is 24.6. The molecule has 0 aliphatic rings. The molecule has 0 aliphatic carbocycles. The maximum Gasteiger partial charge on any atom is 0.305 e. The molecule has 0 spiro atoms. The van der Waals surface area contributed by atoms with Crippen molar-refractivity contribution < 1.29 is 24.5 Å². The van der Waals surface area contributed by atoms with Crippen molar-refractivity contribution in [1.29, 1.82) is 0 Å². The third-order valence-electron chi connectivity index (χ3n) is 15.2. The molecule has 0 aliphatic heterocycles. The van der Waals surface area contributed by atoms with Crippen molar-refractivity contribution in [2.75, 3.05) is 13.2 Å². The molecule has 2 atom stereocenters. The lowest BCUT2D eigenvalue weighted by atomic mass is 10.0. The van der Waals surface area contributed by atoms with Gasteiger partial charge in [-0.2, -0.15) is 0 Å². The van der Waals surface area contributed by atoms with Crippen molar-refractivity contribution in [3.05, 3.63) is 0 Å². The first-order valence-electron chi connectivity index (χ1n) is 31.8. The molecule has 0 rings (SSSR count). The molecule has 0 heterocycles. The fourth-order valence-corrected chi connectivity index (χ4v) is 10.3. The average molecular weight is 977 g/mol. The van der Waals surface area contributed by atoms with Crippen molar-refractivity contribution in [3.8, 4) is 0 Å². The van der Waals surface area contributed by atoms with Gasteiger partial charge in [0.25, 0.3) is 0 Å². The van der Waals surface area contributed by atoms with Crippen molar-refractivity contribution in [2.24, 2.45) is 0 Å². The number of amides is 1. The third kappa shape index (κ3) is 56.0. The van der Waals surface area contributed by atoms with Crippen molar-refractivity contribution in [1.82, 2.24) is 5.32 Å². The second-order valence-electron chi connectivity index (χ2n) is 22.1. The number of rotatable bonds is 60. The molecular formula is C63H125NO5. The second kappa shape index (κ2) is 59.4. The summed E-state index contributed by atoms with van der Waals surface area (Å²) in [5.74, 6) is -0.0233. The Morgan fingerprint density at radius 3 is 0.884 bits per heavy atom. The molecule has 0 bridgehead atoms. The highest BCUT2D eigenvalue weighted by Gasteiger charge is 2.20. The number of ether oxygens (including phenoxy) is 1. The van der Waals surface area contributed by atoms with Crippen LogP contribution in [0.5, 0.6) is 0 Å². The Morgan fingerprint density at radius 1 is 0.348 bits per heavy atom. The number of unbranched alkanes of at least 4 members (excludes halogenated alkanes) is 49. The molecule has 412 valence electrons. The van der Waals surface area contributed by atoms with Crippen LogP contribution in [-0.2, 0) is 14.3 Å². The van der Waals surface area contributed by atoms with E-state index in [1.807, 2.05) is 0 Å². The van der Waals surface area contributed by atoms with E-state index in [0.717, 1.165) is 38.5 Å². The molecule has 0 aromatic heterocycles. The first-order valence-corrected chi connectivity index (χ1v) is 31.8. The van der Waals surface area contributed by atoms with Crippen molar-refractivity contribution in [3.63, 3.8) is 0 Å². The fraction of sp³-hybridized carbons (Fsp3) is 0.968. The maximum absolute atomic E-state index is 12.5. The summed E-state index contributed by atoms with van der Waals surface area (Å²) in [7, 11) is 0. The molecule has 0 saturated carbocycles. The number of hydrogen-bond donors (Lipinski definition) is 3. The lowest BCUT2D eigenvalue weighted by Crippen LogP contribution is -2.45. The molecule has 1 amide bonds. The zero-order valence-electron chi connectivity index (χ0n) is 47.1. The predicted molar refractivity (Wildman–Crippen MR) is 301 cm³/mol. The molecule has 0 radical (unpaired) electrons. The highest BCUT2D eigenvalue weighted by molar-refractivity contribution is 5.76. The Morgan fingerprint density at radius 2 is 0.594 bits per heavy atom. The Kier molecular flexibility index (Phi) is 58.4. The normalized spacial score (nSPS) is 12.5. The number of carbonyl (C=O) groups excluding carboxylic acids is 2. The van der Waals surface area contributed by atoms with Crippen molar-refractivity contribution in [2.45, 2.75) is 379 Å². The molecule has 6 nitrogen and oxygen atoms in total. The molecule has 0 saturated heterocycles. The van der Waals surface area contributed by atoms with E-state index in [-0.39, 0.29) is 18.5 Å². The smallest absolute Gasteiger partial charge is 0.305 e. The first kappa shape index (κ1) is 67.9. The zero-order valence-corrected chi connectivity index (χ0v) is 47.1. The lowest BCUT2D eigenvalue weighted by molar-refractivity contribution is -0.143. The number of nitrogens with one attached hydrogen (secondary N) is 1. The lowest BCUT2D eigenvalue weighted by Gasteiger charge is -2.22. The summed E-state index contributed by atoms with van der Waals surface area (Å²) < 4.78 is 5.48. The molecule has 0 aromatic carbocycles. The van der Waals surface area contributed by atoms with Gasteiger partial charge in [-0.05, 0) is 25.7 Å². The highest BCUT2D eigenvalue weighted by atomic mass is 16.5. The molecule has 0 aromatic rings. The molecule has 69 heavy (non-hydrogen) atoms. The number of hydrogen-bond acceptors (Lipinski definition) is 5. The summed E-state index contributed by atoms with van der Waals surface area (Å²) in [5, 5.41) is 23.4. The maximum atomic E-state index is 12.5. The van der Waals surface area contributed by atoms with Gasteiger partial charge in [-0.1, -0.05) is 328 Å². The van der Waals surface area contributed by atoms with E-state index in [0.29, 0.717) is 25.9 Å². The van der Waals surface area contributed by atoms with Gasteiger partial charge in [0.15, 0.2) is 0 Å². The van der Waals surface area contributed by atoms with Crippen LogP contribution in [-0.4, -0.2) is 47.4 Å². The molecule has 2 unspecified atom stereocenters. The van der Waals surface area contributed by atoms with Crippen LogP contribution in [0.15, 0.2) is 0 Å². The van der Waals surface area contributed by atoms with Gasteiger partial charge >= 0.3 is 5.97 Å². The molecule has 6 heteroatoms. The summed E-state index contributed by atoms with van der Waals surface area (Å²) in [6, 6.07) is -0.544. The van der Waals surface area contributed by atoms with E-state index in [1.54, 1.807) is 0 Å². The monoisotopic (exact) mass is 976 g/mol. The average Bonchev–Trinajstić information content (AvgIpc) is 3.35. The van der Waals surface area contributed by atoms with Gasteiger partial charge in [0.05, 0.1) is 25.4 Å². The van der Waals surface area contributed by atoms with Gasteiger partial charge in [-0.25, -0.2) is 0 Å². The van der Waals surface area contributed by atoms with E-state index in [2.05, 4.69) is 19.2 Å². The molecule has 0 fully saturated rings. The van der Waals surface area contributed by atoms with Crippen molar-refractivity contribution >= 4 is 11.9 Å². The van der Waals surface area contributed by atoms with Crippen LogP contribution in [0, 0.1) is 0 Å². The Balaban J connectivity index is 3.39. The summed E-state index contributed by atoms with van der Waals surface area (Å²) in [6.45, 7) is 4.98. The van der Waals surface area contributed by atoms with Crippen LogP contribution in [0.4, 0.5) is 0 Å². The van der Waals surface area contributed by atoms with E-state index in [9.17, 15) is 19.8 Å². The minimum atomic E-state index is -0.666. The van der Waals surface area contributed by atoms with Gasteiger partial charge in [0.2, 0.25) is 5.91 Å². The Labute approximate surface area is 432 Å². The number of aliphatic hydroxyl groups is 2. The summed E-state index contributed by atoms with van der Waals surface area (Å²) in [5.41, 5.74) is 0. The SMILES string of the molecule is CCCCCCCCCCCCCCCCCCCCCCC(O)C(CO)NC(=O)CCCCCCCCCCCCCCCCCCCCOC(=O)CCCCCCCCCCCCCCCC. The predicted octanol–water partition coefficient (Wildman–Crippen LogP) is 19.9. The minimum Gasteiger partial charge on any atom is -0.466 e. The topological polar surface area (TPSA) is 95.9 Å². The largest absolute Gasteiger partial charge is 0.466 e. The van der Waals surface area contributed by atoms with Crippen LogP contribution >= 0.6 is 0 Å². The Bertz CT molecular complexity index is 990. The van der Waals surface area contributed by atoms with Gasteiger partial charge in [-0.3, -0.25) is 9.59 Å². The van der Waals surface area contributed by atoms with E-state index in [4.69, 9.17) is 4.74 Å². The zero-order chi connectivity index (χ0) is 50.0. The van der Waals surface area contributed by atoms with Gasteiger partial charge in [0, 0.05) is 12.8 Å². The van der Waals surface area contributed by atoms with Crippen LogP contribution < -0.4 is 5.32 Å². The molecular weight excluding hydrogens is 851 g/mol. The molecule has 3 N–H and O–H groups in total. The van der Waals surface area contributed by atoms with E-state index < -0.39 is 12.1 Å². The number of carbonyl (C=O) groups is 2. The van der Waals surface area contributed by atoms with E-state index in [1.165, 1.54) is 295 Å². The van der Waals surface area contributed by atoms with Crippen LogP contribution in [0.3, 0.4) is 0 Å². The van der Waals surface area contributed by atoms with Crippen LogP contribution in [0.2, 0.25) is 0 Å². The number of aliphatic hydroxyl groups excluding tert-OH is 2. The van der Waals surface area contributed by atoms with Gasteiger partial charge < -0.3 is 20.3 Å². The quantitative estimate of drug-likeness (QED) is 0.0417. The highest BCUT2D eigenvalue weighted by Crippen LogP contribution is 2.19. The Hall–Kier alpha value is -1.14. The summed E-state index contributed by atoms with van der Waals surface area (Å²) in [6.07, 6.45) is 69.7. The fourth-order valence-electron chi connectivity index (χ4n) is 10.3. The van der Waals surface area contributed by atoms with Gasteiger partial charge in [0.1, 0.15) is 0 Å². The summed E-state index contributed by atoms with van der Waals surface area (Å²) >= 11 is 0. The minimum absolute atomic E-state index is 0.0110. The first-order chi connectivity index (χ1) is 34.0. The van der Waals surface area contributed by atoms with Gasteiger partial charge in [-0.15, -0.1) is 0 Å². The van der Waals surface area contributed by atoms with Crippen LogP contribution in [0.25, 0.3) is 0 Å². The standard InChI is InChI=1S/C63H125NO5/c1-3-5-7-9-11-13-15-17-19-20-21-22-25-28-31-35-39-43-47-51-55-61(66)60(59-65)64-62(67)56-52-48-44-40-36-32-29-26-23-24-27-30-34-38-42-46-50-54-58-69-63(68)57-53-49-45-41-37-33-18-16-14-12-10-8-6-4-2/h60-61,65-66H,3-59H2,1-2H3,(H,64,67). The third-order valence-corrected chi connectivity index (χ3v) is 15.2. The van der Waals surface area contributed by atoms with Crippen LogP contribution in [0.1, 0.15) is 367 Å². The second-order valence-corrected chi connectivity index (χ2v) is 22.1.